The summed E-state index contributed by atoms with van der Waals surface area (Å²) in [5.41, 5.74) is 0.830. The third-order valence-electron chi connectivity index (χ3n) is 5.30. The Balaban J connectivity index is 1.80. The van der Waals surface area contributed by atoms with Gasteiger partial charge in [-0.3, -0.25) is 14.5 Å². The fourth-order valence-corrected chi connectivity index (χ4v) is 5.24. The smallest absolute Gasteiger partial charge is 0.343 e. The average Bonchev–Trinajstić information content (AvgIpc) is 2.82. The molecule has 0 aliphatic carbocycles. The van der Waals surface area contributed by atoms with Crippen LogP contribution in [-0.2, 0) is 10.0 Å². The molecular weight excluding hydrogens is 444 g/mol. The fraction of sp³-hybridized carbons (Fsp3) is 0.125. The number of ether oxygens (including phenoxy) is 1. The molecule has 0 fully saturated rings. The molecule has 0 atom stereocenters. The van der Waals surface area contributed by atoms with E-state index in [1.165, 1.54) is 50.4 Å². The minimum Gasteiger partial charge on any atom is -0.496 e. The van der Waals surface area contributed by atoms with Gasteiger partial charge >= 0.3 is 6.03 Å². The van der Waals surface area contributed by atoms with E-state index in [1.807, 2.05) is 0 Å². The van der Waals surface area contributed by atoms with Gasteiger partial charge in [0.25, 0.3) is 10.0 Å². The van der Waals surface area contributed by atoms with Crippen molar-refractivity contribution in [1.82, 2.24) is 0 Å². The van der Waals surface area contributed by atoms with Crippen LogP contribution in [0.2, 0.25) is 0 Å². The van der Waals surface area contributed by atoms with Crippen molar-refractivity contribution in [1.29, 1.82) is 0 Å². The van der Waals surface area contributed by atoms with Crippen molar-refractivity contribution in [2.45, 2.75) is 11.8 Å². The van der Waals surface area contributed by atoms with Gasteiger partial charge in [-0.25, -0.2) is 13.2 Å². The van der Waals surface area contributed by atoms with Crippen LogP contribution in [0.4, 0.5) is 16.2 Å². The summed E-state index contributed by atoms with van der Waals surface area (Å²) >= 11 is 0. The first-order chi connectivity index (χ1) is 15.8. The van der Waals surface area contributed by atoms with E-state index in [1.54, 1.807) is 36.4 Å². The van der Waals surface area contributed by atoms with Crippen LogP contribution in [0.25, 0.3) is 0 Å². The third-order valence-corrected chi connectivity index (χ3v) is 7.05. The number of sulfonamides is 1. The number of ketones is 2. The Hall–Kier alpha value is -3.98. The Morgan fingerprint density at radius 3 is 2.21 bits per heavy atom. The lowest BCUT2D eigenvalue weighted by atomic mass is 10.1. The van der Waals surface area contributed by atoms with Crippen molar-refractivity contribution >= 4 is 39.0 Å². The molecule has 0 unspecified atom stereocenters. The van der Waals surface area contributed by atoms with E-state index < -0.39 is 28.4 Å². The summed E-state index contributed by atoms with van der Waals surface area (Å²) in [6.07, 6.45) is 0. The zero-order chi connectivity index (χ0) is 23.8. The number of anilines is 2. The lowest BCUT2D eigenvalue weighted by molar-refractivity contribution is 0.0993. The van der Waals surface area contributed by atoms with E-state index in [9.17, 15) is 22.8 Å². The highest BCUT2D eigenvalue weighted by atomic mass is 32.2. The molecule has 3 aromatic carbocycles. The van der Waals surface area contributed by atoms with Gasteiger partial charge in [0, 0.05) is 5.56 Å². The Bertz CT molecular complexity index is 1370. The number of carbonyl (C=O) groups excluding carboxylic acids is 3. The standard InChI is InChI=1S/C24H20N2O6S/c1-16(27)17-11-13-18(14-12-17)26-24(29)25(20-8-4-6-10-23(20)33(26,30)31)15-21(28)19-7-3-5-9-22(19)32-2/h3-14H,15H2,1-2H3. The number of urea groups is 1. The SMILES string of the molecule is COc1ccccc1C(=O)CN1C(=O)N(c2ccc(C(C)=O)cc2)S(=O)(=O)c2ccccc21. The predicted molar refractivity (Wildman–Crippen MR) is 123 cm³/mol. The number of rotatable bonds is 6. The highest BCUT2D eigenvalue weighted by molar-refractivity contribution is 7.94. The highest BCUT2D eigenvalue weighted by Crippen LogP contribution is 2.37. The molecule has 0 saturated heterocycles. The maximum Gasteiger partial charge on any atom is 0.343 e. The number of fused-ring (bicyclic) bond motifs is 1. The molecule has 9 heteroatoms. The number of Topliss-reactive ketones (excluding diaryl/α,β-unsaturated/α-hetero) is 2. The number of para-hydroxylation sites is 2. The van der Waals surface area contributed by atoms with Gasteiger partial charge in [0.15, 0.2) is 11.6 Å². The second-order valence-electron chi connectivity index (χ2n) is 7.33. The Morgan fingerprint density at radius 1 is 0.909 bits per heavy atom. The first-order valence-corrected chi connectivity index (χ1v) is 11.4. The first kappa shape index (κ1) is 22.2. The molecule has 2 amide bonds. The maximum absolute atomic E-state index is 13.5. The molecule has 4 rings (SSSR count). The summed E-state index contributed by atoms with van der Waals surface area (Å²) in [5, 5.41) is 0. The van der Waals surface area contributed by atoms with Crippen molar-refractivity contribution in [2.75, 3.05) is 22.9 Å². The monoisotopic (exact) mass is 464 g/mol. The fourth-order valence-electron chi connectivity index (χ4n) is 3.65. The van der Waals surface area contributed by atoms with Crippen LogP contribution in [0, 0.1) is 0 Å². The maximum atomic E-state index is 13.5. The Morgan fingerprint density at radius 2 is 1.55 bits per heavy atom. The summed E-state index contributed by atoms with van der Waals surface area (Å²) < 4.78 is 32.6. The summed E-state index contributed by atoms with van der Waals surface area (Å²) in [7, 11) is -2.81. The Kier molecular flexibility index (Phi) is 5.73. The van der Waals surface area contributed by atoms with Crippen LogP contribution in [0.15, 0.2) is 77.7 Å². The number of carbonyl (C=O) groups is 3. The molecule has 168 valence electrons. The minimum atomic E-state index is -4.24. The number of methoxy groups -OCH3 is 1. The van der Waals surface area contributed by atoms with Gasteiger partial charge < -0.3 is 4.74 Å². The lowest BCUT2D eigenvalue weighted by Gasteiger charge is -2.36. The third kappa shape index (κ3) is 3.87. The highest BCUT2D eigenvalue weighted by Gasteiger charge is 2.43. The molecule has 0 bridgehead atoms. The molecule has 0 radical (unpaired) electrons. The molecule has 0 saturated carbocycles. The molecule has 0 N–H and O–H groups in total. The number of benzene rings is 3. The number of amides is 2. The number of nitrogens with zero attached hydrogens (tertiary/aromatic N) is 2. The van der Waals surface area contributed by atoms with Crippen LogP contribution >= 0.6 is 0 Å². The van der Waals surface area contributed by atoms with E-state index in [2.05, 4.69) is 0 Å². The molecule has 1 aliphatic rings. The molecule has 0 spiro atoms. The van der Waals surface area contributed by atoms with Gasteiger partial charge in [-0.1, -0.05) is 24.3 Å². The van der Waals surface area contributed by atoms with Gasteiger partial charge in [-0.15, -0.1) is 0 Å². The number of hydrogen-bond acceptors (Lipinski definition) is 6. The van der Waals surface area contributed by atoms with Crippen molar-refractivity contribution in [3.8, 4) is 5.75 Å². The summed E-state index contributed by atoms with van der Waals surface area (Å²) in [4.78, 5) is 39.2. The zero-order valence-electron chi connectivity index (χ0n) is 17.9. The van der Waals surface area contributed by atoms with Gasteiger partial charge in [-0.05, 0) is 55.5 Å². The van der Waals surface area contributed by atoms with Crippen molar-refractivity contribution in [2.24, 2.45) is 0 Å². The second-order valence-corrected chi connectivity index (χ2v) is 9.09. The molecule has 33 heavy (non-hydrogen) atoms. The minimum absolute atomic E-state index is 0.0641. The molecule has 1 heterocycles. The summed E-state index contributed by atoms with van der Waals surface area (Å²) in [6.45, 7) is 0.993. The van der Waals surface area contributed by atoms with Crippen LogP contribution in [0.5, 0.6) is 5.75 Å². The second kappa shape index (κ2) is 8.51. The van der Waals surface area contributed by atoms with E-state index in [0.29, 0.717) is 15.6 Å². The predicted octanol–water partition coefficient (Wildman–Crippen LogP) is 3.92. The summed E-state index contributed by atoms with van der Waals surface area (Å²) in [6, 6.07) is 17.4. The van der Waals surface area contributed by atoms with E-state index >= 15 is 0 Å². The van der Waals surface area contributed by atoms with E-state index in [0.717, 1.165) is 4.90 Å². The first-order valence-electron chi connectivity index (χ1n) is 9.99. The zero-order valence-corrected chi connectivity index (χ0v) is 18.7. The van der Waals surface area contributed by atoms with Crippen LogP contribution in [-0.4, -0.2) is 39.7 Å². The van der Waals surface area contributed by atoms with E-state index in [-0.39, 0.29) is 27.6 Å². The van der Waals surface area contributed by atoms with Gasteiger partial charge in [0.1, 0.15) is 10.6 Å². The largest absolute Gasteiger partial charge is 0.496 e. The summed E-state index contributed by atoms with van der Waals surface area (Å²) in [5.74, 6) is -0.255. The Labute approximate surface area is 191 Å². The molecule has 1 aliphatic heterocycles. The van der Waals surface area contributed by atoms with Crippen LogP contribution in [0.1, 0.15) is 27.6 Å². The molecule has 3 aromatic rings. The van der Waals surface area contributed by atoms with Crippen LogP contribution < -0.4 is 13.9 Å². The van der Waals surface area contributed by atoms with Gasteiger partial charge in [0.05, 0.1) is 30.6 Å². The average molecular weight is 464 g/mol. The van der Waals surface area contributed by atoms with Crippen molar-refractivity contribution in [3.05, 3.63) is 83.9 Å². The van der Waals surface area contributed by atoms with Crippen molar-refractivity contribution < 1.29 is 27.5 Å². The molecule has 8 nitrogen and oxygen atoms in total. The quantitative estimate of drug-likeness (QED) is 0.513. The molecule has 0 aromatic heterocycles. The van der Waals surface area contributed by atoms with Crippen LogP contribution in [0.3, 0.4) is 0 Å². The topological polar surface area (TPSA) is 101 Å². The van der Waals surface area contributed by atoms with Crippen molar-refractivity contribution in [3.63, 3.8) is 0 Å². The normalized spacial score (nSPS) is 14.5. The lowest BCUT2D eigenvalue weighted by Crippen LogP contribution is -2.52. The van der Waals surface area contributed by atoms with Gasteiger partial charge in [0.2, 0.25) is 0 Å². The van der Waals surface area contributed by atoms with Gasteiger partial charge in [-0.2, -0.15) is 4.31 Å². The molecular formula is C24H20N2O6S. The number of hydrogen-bond donors (Lipinski definition) is 0. The van der Waals surface area contributed by atoms with E-state index in [4.69, 9.17) is 4.74 Å².